The highest BCUT2D eigenvalue weighted by Crippen LogP contribution is 2.16. The first-order valence-corrected chi connectivity index (χ1v) is 8.80. The molecule has 0 atom stereocenters. The highest BCUT2D eigenvalue weighted by molar-refractivity contribution is 5.94. The lowest BCUT2D eigenvalue weighted by molar-refractivity contribution is 0.0953. The molecule has 0 radical (unpaired) electrons. The van der Waals surface area contributed by atoms with Gasteiger partial charge in [-0.3, -0.25) is 4.79 Å². The number of benzene rings is 2. The van der Waals surface area contributed by atoms with Crippen molar-refractivity contribution in [2.45, 2.75) is 12.8 Å². The van der Waals surface area contributed by atoms with Crippen molar-refractivity contribution in [2.24, 2.45) is 0 Å². The fraction of sp³-hybridized carbons (Fsp3) is 0.136. The van der Waals surface area contributed by atoms with E-state index in [0.29, 0.717) is 23.5 Å². The number of aromatic nitrogens is 1. The number of nitrogens with one attached hydrogen (secondary N) is 2. The molecule has 5 nitrogen and oxygen atoms in total. The van der Waals surface area contributed by atoms with Crippen molar-refractivity contribution in [1.29, 1.82) is 5.26 Å². The van der Waals surface area contributed by atoms with Crippen molar-refractivity contribution < 1.29 is 4.79 Å². The number of carbonyl (C=O) groups excluding carboxylic acids is 1. The first-order chi connectivity index (χ1) is 13.2. The van der Waals surface area contributed by atoms with E-state index in [-0.39, 0.29) is 5.91 Å². The van der Waals surface area contributed by atoms with Crippen LogP contribution in [0.15, 0.2) is 72.9 Å². The standard InChI is InChI=1S/C22H20N4O/c23-16-18-8-10-20(11-9-18)26-21-15-19(12-14-24-21)22(27)25-13-4-7-17-5-2-1-3-6-17/h1-3,5-6,8-12,14-15H,4,7,13H2,(H,24,26)(H,25,27). The molecule has 2 N–H and O–H groups in total. The van der Waals surface area contributed by atoms with Crippen molar-refractivity contribution in [2.75, 3.05) is 11.9 Å². The summed E-state index contributed by atoms with van der Waals surface area (Å²) in [6.07, 6.45) is 3.42. The molecule has 0 unspecified atom stereocenters. The number of nitrogens with zero attached hydrogens (tertiary/aromatic N) is 2. The van der Waals surface area contributed by atoms with Crippen LogP contribution in [0.1, 0.15) is 27.9 Å². The first kappa shape index (κ1) is 18.2. The number of aryl methyl sites for hydroxylation is 1. The molecule has 5 heteroatoms. The lowest BCUT2D eigenvalue weighted by atomic mass is 10.1. The fourth-order valence-electron chi connectivity index (χ4n) is 2.66. The number of rotatable bonds is 7. The van der Waals surface area contributed by atoms with Gasteiger partial charge in [-0.15, -0.1) is 0 Å². The summed E-state index contributed by atoms with van der Waals surface area (Å²) < 4.78 is 0. The predicted octanol–water partition coefficient (Wildman–Crippen LogP) is 4.06. The van der Waals surface area contributed by atoms with Gasteiger partial charge in [0.15, 0.2) is 0 Å². The molecule has 134 valence electrons. The van der Waals surface area contributed by atoms with Gasteiger partial charge in [0.25, 0.3) is 5.91 Å². The molecule has 1 amide bonds. The normalized spacial score (nSPS) is 10.0. The van der Waals surface area contributed by atoms with Crippen LogP contribution in [0.5, 0.6) is 0 Å². The Hall–Kier alpha value is -3.65. The van der Waals surface area contributed by atoms with Gasteiger partial charge in [-0.2, -0.15) is 5.26 Å². The Morgan fingerprint density at radius 1 is 1.04 bits per heavy atom. The molecule has 1 aromatic heterocycles. The van der Waals surface area contributed by atoms with Gasteiger partial charge in [0.2, 0.25) is 0 Å². The van der Waals surface area contributed by atoms with Gasteiger partial charge >= 0.3 is 0 Å². The van der Waals surface area contributed by atoms with Crippen molar-refractivity contribution in [3.63, 3.8) is 0 Å². The SMILES string of the molecule is N#Cc1ccc(Nc2cc(C(=O)NCCCc3ccccc3)ccn2)cc1. The highest BCUT2D eigenvalue weighted by atomic mass is 16.1. The number of amides is 1. The van der Waals surface area contributed by atoms with Crippen LogP contribution in [0.3, 0.4) is 0 Å². The summed E-state index contributed by atoms with van der Waals surface area (Å²) in [6, 6.07) is 22.8. The minimum atomic E-state index is -0.117. The van der Waals surface area contributed by atoms with Crippen LogP contribution in [-0.4, -0.2) is 17.4 Å². The monoisotopic (exact) mass is 356 g/mol. The minimum Gasteiger partial charge on any atom is -0.352 e. The van der Waals surface area contributed by atoms with E-state index in [1.165, 1.54) is 5.56 Å². The number of hydrogen-bond donors (Lipinski definition) is 2. The molecule has 0 aliphatic carbocycles. The summed E-state index contributed by atoms with van der Waals surface area (Å²) in [7, 11) is 0. The van der Waals surface area contributed by atoms with Crippen molar-refractivity contribution >= 4 is 17.4 Å². The molecular formula is C22H20N4O. The van der Waals surface area contributed by atoms with E-state index in [4.69, 9.17) is 5.26 Å². The Kier molecular flexibility index (Phi) is 6.16. The third-order valence-corrected chi connectivity index (χ3v) is 4.08. The van der Waals surface area contributed by atoms with E-state index in [1.54, 1.807) is 42.6 Å². The lowest BCUT2D eigenvalue weighted by Crippen LogP contribution is -2.24. The maximum atomic E-state index is 12.3. The number of anilines is 2. The van der Waals surface area contributed by atoms with Gasteiger partial charge in [0.1, 0.15) is 5.82 Å². The van der Waals surface area contributed by atoms with Gasteiger partial charge in [0, 0.05) is 24.0 Å². The fourth-order valence-corrected chi connectivity index (χ4v) is 2.66. The van der Waals surface area contributed by atoms with Crippen molar-refractivity contribution in [1.82, 2.24) is 10.3 Å². The average Bonchev–Trinajstić information content (AvgIpc) is 2.72. The van der Waals surface area contributed by atoms with Gasteiger partial charge in [-0.05, 0) is 54.8 Å². The highest BCUT2D eigenvalue weighted by Gasteiger charge is 2.07. The summed E-state index contributed by atoms with van der Waals surface area (Å²) in [5.41, 5.74) is 3.23. The smallest absolute Gasteiger partial charge is 0.251 e. The van der Waals surface area contributed by atoms with Crippen molar-refractivity contribution in [3.8, 4) is 6.07 Å². The third kappa shape index (κ3) is 5.41. The maximum Gasteiger partial charge on any atom is 0.251 e. The van der Waals surface area contributed by atoms with Crippen LogP contribution in [0, 0.1) is 11.3 Å². The molecule has 0 aliphatic rings. The topological polar surface area (TPSA) is 77.8 Å². The molecule has 0 saturated carbocycles. The van der Waals surface area contributed by atoms with E-state index < -0.39 is 0 Å². The Balaban J connectivity index is 1.52. The Labute approximate surface area is 158 Å². The largest absolute Gasteiger partial charge is 0.352 e. The predicted molar refractivity (Wildman–Crippen MR) is 106 cm³/mol. The summed E-state index contributed by atoms with van der Waals surface area (Å²) in [4.78, 5) is 16.6. The van der Waals surface area contributed by atoms with Crippen LogP contribution >= 0.6 is 0 Å². The van der Waals surface area contributed by atoms with Crippen molar-refractivity contribution in [3.05, 3.63) is 89.6 Å². The van der Waals surface area contributed by atoms with Gasteiger partial charge < -0.3 is 10.6 Å². The molecule has 0 fully saturated rings. The number of hydrogen-bond acceptors (Lipinski definition) is 4. The molecule has 3 rings (SSSR count). The molecule has 0 aliphatic heterocycles. The van der Waals surface area contributed by atoms with Crippen LogP contribution in [0.25, 0.3) is 0 Å². The molecule has 27 heavy (non-hydrogen) atoms. The molecule has 0 saturated heterocycles. The summed E-state index contributed by atoms with van der Waals surface area (Å²) in [5, 5.41) is 14.9. The Morgan fingerprint density at radius 2 is 1.81 bits per heavy atom. The molecule has 1 heterocycles. The van der Waals surface area contributed by atoms with Gasteiger partial charge in [-0.1, -0.05) is 30.3 Å². The maximum absolute atomic E-state index is 12.3. The Morgan fingerprint density at radius 3 is 2.56 bits per heavy atom. The second kappa shape index (κ2) is 9.16. The quantitative estimate of drug-likeness (QED) is 0.626. The number of nitriles is 1. The molecule has 3 aromatic rings. The second-order valence-corrected chi connectivity index (χ2v) is 6.09. The van der Waals surface area contributed by atoms with E-state index in [1.807, 2.05) is 18.2 Å². The van der Waals surface area contributed by atoms with Gasteiger partial charge in [0.05, 0.1) is 11.6 Å². The average molecular weight is 356 g/mol. The second-order valence-electron chi connectivity index (χ2n) is 6.09. The van der Waals surface area contributed by atoms with E-state index >= 15 is 0 Å². The molecular weight excluding hydrogens is 336 g/mol. The zero-order valence-electron chi connectivity index (χ0n) is 14.9. The minimum absolute atomic E-state index is 0.117. The van der Waals surface area contributed by atoms with Crippen LogP contribution in [0.4, 0.5) is 11.5 Å². The van der Waals surface area contributed by atoms with Crippen LogP contribution < -0.4 is 10.6 Å². The van der Waals surface area contributed by atoms with E-state index in [9.17, 15) is 4.79 Å². The van der Waals surface area contributed by atoms with Gasteiger partial charge in [-0.25, -0.2) is 4.98 Å². The van der Waals surface area contributed by atoms with Crippen LogP contribution in [-0.2, 0) is 6.42 Å². The Bertz CT molecular complexity index is 931. The zero-order valence-corrected chi connectivity index (χ0v) is 14.9. The number of carbonyl (C=O) groups is 1. The summed E-state index contributed by atoms with van der Waals surface area (Å²) >= 11 is 0. The number of pyridine rings is 1. The third-order valence-electron chi connectivity index (χ3n) is 4.08. The van der Waals surface area contributed by atoms with E-state index in [2.05, 4.69) is 33.8 Å². The molecule has 0 bridgehead atoms. The lowest BCUT2D eigenvalue weighted by Gasteiger charge is -2.08. The van der Waals surface area contributed by atoms with Crippen LogP contribution in [0.2, 0.25) is 0 Å². The first-order valence-electron chi connectivity index (χ1n) is 8.80. The molecule has 0 spiro atoms. The summed E-state index contributed by atoms with van der Waals surface area (Å²) in [6.45, 7) is 0.619. The summed E-state index contributed by atoms with van der Waals surface area (Å²) in [5.74, 6) is 0.463. The van der Waals surface area contributed by atoms with E-state index in [0.717, 1.165) is 18.5 Å². The zero-order chi connectivity index (χ0) is 18.9. The molecule has 2 aromatic carbocycles.